The van der Waals surface area contributed by atoms with Gasteiger partial charge < -0.3 is 15.2 Å². The van der Waals surface area contributed by atoms with Gasteiger partial charge in [-0.25, -0.2) is 4.98 Å². The molecule has 3 aromatic rings. The number of hydrogen-bond acceptors (Lipinski definition) is 6. The van der Waals surface area contributed by atoms with Gasteiger partial charge in [0.15, 0.2) is 0 Å². The molecule has 0 saturated heterocycles. The molecule has 0 amide bonds. The van der Waals surface area contributed by atoms with Crippen LogP contribution in [-0.4, -0.2) is 32.4 Å². The highest BCUT2D eigenvalue weighted by Gasteiger charge is 2.46. The lowest BCUT2D eigenvalue weighted by atomic mass is 9.94. The summed E-state index contributed by atoms with van der Waals surface area (Å²) in [5, 5.41) is 13.6. The first-order valence-electron chi connectivity index (χ1n) is 12.8. The van der Waals surface area contributed by atoms with Crippen molar-refractivity contribution in [2.45, 2.75) is 80.8 Å². The van der Waals surface area contributed by atoms with Crippen LogP contribution in [0.4, 0.5) is 0 Å². The number of aromatic nitrogens is 2. The molecule has 2 saturated carbocycles. The predicted octanol–water partition coefficient (Wildman–Crippen LogP) is 6.12. The summed E-state index contributed by atoms with van der Waals surface area (Å²) in [5.74, 6) is 0.154. The number of carbonyl (C=O) groups is 1. The first-order valence-corrected chi connectivity index (χ1v) is 13.7. The van der Waals surface area contributed by atoms with Gasteiger partial charge in [0.05, 0.1) is 16.8 Å². The van der Waals surface area contributed by atoms with Crippen LogP contribution in [0.3, 0.4) is 0 Å². The number of rotatable bonds is 12. The van der Waals surface area contributed by atoms with Crippen LogP contribution in [-0.2, 0) is 16.9 Å². The molecular formula is C29H33N3O3S. The van der Waals surface area contributed by atoms with Crippen molar-refractivity contribution in [2.75, 3.05) is 0 Å². The third-order valence-corrected chi connectivity index (χ3v) is 8.13. The number of hydrogen-bond donors (Lipinski definition) is 2. The van der Waals surface area contributed by atoms with Crippen LogP contribution in [0.15, 0.2) is 59.9 Å². The highest BCUT2D eigenvalue weighted by atomic mass is 32.2. The number of carboxylic acid groups (broad SMARTS) is 1. The Kier molecular flexibility index (Phi) is 7.30. The fourth-order valence-corrected chi connectivity index (χ4v) is 5.58. The lowest BCUT2D eigenvalue weighted by molar-refractivity contribution is -0.136. The van der Waals surface area contributed by atoms with Gasteiger partial charge in [-0.3, -0.25) is 9.78 Å². The molecule has 6 nitrogen and oxygen atoms in total. The average Bonchev–Trinajstić information content (AvgIpc) is 3.81. The van der Waals surface area contributed by atoms with Crippen LogP contribution in [0.1, 0.15) is 62.3 Å². The Balaban J connectivity index is 1.36. The van der Waals surface area contributed by atoms with Crippen molar-refractivity contribution < 1.29 is 14.6 Å². The zero-order valence-electron chi connectivity index (χ0n) is 20.9. The summed E-state index contributed by atoms with van der Waals surface area (Å²) in [6, 6.07) is 14.3. The van der Waals surface area contributed by atoms with Crippen LogP contribution in [0.5, 0.6) is 5.75 Å². The van der Waals surface area contributed by atoms with Crippen molar-refractivity contribution in [2.24, 2.45) is 0 Å². The van der Waals surface area contributed by atoms with Gasteiger partial charge in [-0.2, -0.15) is 0 Å². The molecule has 0 spiro atoms. The van der Waals surface area contributed by atoms with E-state index in [0.717, 1.165) is 65.3 Å². The van der Waals surface area contributed by atoms with Crippen molar-refractivity contribution in [1.82, 2.24) is 15.3 Å². The van der Waals surface area contributed by atoms with E-state index in [2.05, 4.69) is 41.5 Å². The summed E-state index contributed by atoms with van der Waals surface area (Å²) in [6.07, 6.45) is 9.93. The second-order valence-corrected chi connectivity index (χ2v) is 11.0. The van der Waals surface area contributed by atoms with Crippen LogP contribution in [0.2, 0.25) is 0 Å². The molecule has 188 valence electrons. The lowest BCUT2D eigenvalue weighted by Crippen LogP contribution is -2.30. The third kappa shape index (κ3) is 5.57. The maximum Gasteiger partial charge on any atom is 0.317 e. The number of nitrogens with zero attached hydrogens (tertiary/aromatic N) is 2. The van der Waals surface area contributed by atoms with Gasteiger partial charge >= 0.3 is 5.97 Å². The predicted molar refractivity (Wildman–Crippen MR) is 142 cm³/mol. The summed E-state index contributed by atoms with van der Waals surface area (Å²) in [7, 11) is 0. The summed E-state index contributed by atoms with van der Waals surface area (Å²) >= 11 is 1.34. The molecule has 2 fully saturated rings. The van der Waals surface area contributed by atoms with E-state index in [4.69, 9.17) is 9.72 Å². The largest absolute Gasteiger partial charge is 0.490 e. The van der Waals surface area contributed by atoms with Crippen molar-refractivity contribution >= 4 is 17.7 Å². The Labute approximate surface area is 216 Å². The lowest BCUT2D eigenvalue weighted by Gasteiger charge is -2.22. The number of ether oxygens (including phenoxy) is 1. The molecule has 2 aliphatic carbocycles. The van der Waals surface area contributed by atoms with Crippen molar-refractivity contribution in [3.63, 3.8) is 0 Å². The summed E-state index contributed by atoms with van der Waals surface area (Å²) in [4.78, 5) is 20.9. The Hall–Kier alpha value is -2.90. The normalized spacial score (nSPS) is 16.9. The smallest absolute Gasteiger partial charge is 0.317 e. The Morgan fingerprint density at radius 2 is 2.00 bits per heavy atom. The number of thioether (sulfide) groups is 1. The minimum Gasteiger partial charge on any atom is -0.490 e. The van der Waals surface area contributed by atoms with Crippen LogP contribution < -0.4 is 10.1 Å². The molecule has 2 aromatic heterocycles. The van der Waals surface area contributed by atoms with E-state index in [1.165, 1.54) is 17.3 Å². The number of carboxylic acids is 1. The van der Waals surface area contributed by atoms with E-state index in [1.807, 2.05) is 37.5 Å². The van der Waals surface area contributed by atoms with Gasteiger partial charge in [-0.1, -0.05) is 49.4 Å². The molecule has 1 unspecified atom stereocenters. The van der Waals surface area contributed by atoms with E-state index < -0.39 is 11.2 Å². The minimum atomic E-state index is -0.782. The molecule has 1 aromatic carbocycles. The highest BCUT2D eigenvalue weighted by molar-refractivity contribution is 8.00. The average molecular weight is 504 g/mol. The first-order chi connectivity index (χ1) is 17.5. The zero-order valence-corrected chi connectivity index (χ0v) is 21.7. The Morgan fingerprint density at radius 1 is 1.19 bits per heavy atom. The molecule has 7 heteroatoms. The van der Waals surface area contributed by atoms with Gasteiger partial charge in [0, 0.05) is 30.0 Å². The highest BCUT2D eigenvalue weighted by Crippen LogP contribution is 2.50. The van der Waals surface area contributed by atoms with Gasteiger partial charge in [-0.15, -0.1) is 0 Å². The minimum absolute atomic E-state index is 0.153. The topological polar surface area (TPSA) is 84.3 Å². The molecule has 0 radical (unpaired) electrons. The van der Waals surface area contributed by atoms with Gasteiger partial charge in [-0.05, 0) is 73.9 Å². The molecule has 0 bridgehead atoms. The van der Waals surface area contributed by atoms with E-state index in [-0.39, 0.29) is 5.54 Å². The third-order valence-electron chi connectivity index (χ3n) is 6.94. The summed E-state index contributed by atoms with van der Waals surface area (Å²) in [6.45, 7) is 4.67. The summed E-state index contributed by atoms with van der Waals surface area (Å²) < 4.78 is 6.23. The molecular weight excluding hydrogens is 470 g/mol. The number of benzene rings is 1. The van der Waals surface area contributed by atoms with Crippen LogP contribution in [0.25, 0.3) is 11.1 Å². The number of para-hydroxylation sites is 1. The van der Waals surface area contributed by atoms with E-state index >= 15 is 0 Å². The fraction of sp³-hybridized carbons (Fsp3) is 0.414. The fourth-order valence-electron chi connectivity index (χ4n) is 4.52. The van der Waals surface area contributed by atoms with Crippen molar-refractivity contribution in [1.29, 1.82) is 0 Å². The second kappa shape index (κ2) is 10.6. The maximum atomic E-state index is 11.6. The first kappa shape index (κ1) is 24.8. The van der Waals surface area contributed by atoms with E-state index in [1.54, 1.807) is 0 Å². The molecule has 2 N–H and O–H groups in total. The molecule has 36 heavy (non-hydrogen) atoms. The van der Waals surface area contributed by atoms with E-state index in [0.29, 0.717) is 19.1 Å². The monoisotopic (exact) mass is 503 g/mol. The van der Waals surface area contributed by atoms with Crippen molar-refractivity contribution in [3.05, 3.63) is 71.7 Å². The quantitative estimate of drug-likeness (QED) is 0.288. The second-order valence-electron chi connectivity index (χ2n) is 9.82. The van der Waals surface area contributed by atoms with Crippen LogP contribution in [0, 0.1) is 6.92 Å². The van der Waals surface area contributed by atoms with Gasteiger partial charge in [0.25, 0.3) is 0 Å². The number of aryl methyl sites for hydroxylation is 1. The number of aliphatic carboxylic acids is 1. The Morgan fingerprint density at radius 3 is 2.72 bits per heavy atom. The zero-order chi connectivity index (χ0) is 25.1. The molecule has 5 rings (SSSR count). The standard InChI is InChI=1S/C29H33N3O3S/c1-3-6-26(28(33)34)36-27-12-9-19(2)24(32-27)18-31-29(14-15-29)23-17-30-16-13-21(23)22-7-4-5-8-25(22)35-20-10-11-20/h4-5,7-9,12-13,16-17,20,26,31H,3,6,10-11,14-15,18H2,1-2H3,(H,33,34). The number of pyridine rings is 2. The van der Waals surface area contributed by atoms with Gasteiger partial charge in [0.2, 0.25) is 0 Å². The molecule has 1 atom stereocenters. The summed E-state index contributed by atoms with van der Waals surface area (Å²) in [5.41, 5.74) is 5.35. The molecule has 2 aliphatic rings. The maximum absolute atomic E-state index is 11.6. The number of nitrogens with one attached hydrogen (secondary N) is 1. The molecule has 0 aliphatic heterocycles. The Bertz CT molecular complexity index is 1240. The van der Waals surface area contributed by atoms with Crippen LogP contribution >= 0.6 is 11.8 Å². The SMILES string of the molecule is CCCC(Sc1ccc(C)c(CNC2(c3cnccc3-c3ccccc3OC3CC3)CC2)n1)C(=O)O. The van der Waals surface area contributed by atoms with Crippen molar-refractivity contribution in [3.8, 4) is 16.9 Å². The van der Waals surface area contributed by atoms with Gasteiger partial charge in [0.1, 0.15) is 11.0 Å². The molecule has 2 heterocycles. The van der Waals surface area contributed by atoms with E-state index in [9.17, 15) is 9.90 Å².